The van der Waals surface area contributed by atoms with E-state index < -0.39 is 0 Å². The minimum Gasteiger partial charge on any atom is -0.392 e. The van der Waals surface area contributed by atoms with Gasteiger partial charge in [0.15, 0.2) is 0 Å². The second kappa shape index (κ2) is 7.39. The van der Waals surface area contributed by atoms with E-state index in [4.69, 9.17) is 5.26 Å². The lowest BCUT2D eigenvalue weighted by atomic mass is 10.1. The van der Waals surface area contributed by atoms with Crippen LogP contribution in [0.5, 0.6) is 0 Å². The van der Waals surface area contributed by atoms with E-state index in [2.05, 4.69) is 12.1 Å². The number of likely N-dealkylation sites (tertiary alicyclic amines) is 1. The molecular weight excluding hydrogens is 278 g/mol. The van der Waals surface area contributed by atoms with E-state index in [-0.39, 0.29) is 18.6 Å². The van der Waals surface area contributed by atoms with Crippen LogP contribution < -0.4 is 4.90 Å². The second-order valence-corrected chi connectivity index (χ2v) is 5.98. The third-order valence-electron chi connectivity index (χ3n) is 3.87. The molecular formula is C17H23N3O2. The Morgan fingerprint density at radius 2 is 2.09 bits per heavy atom. The Morgan fingerprint density at radius 1 is 1.41 bits per heavy atom. The predicted molar refractivity (Wildman–Crippen MR) is 85.6 cm³/mol. The van der Waals surface area contributed by atoms with E-state index in [1.54, 1.807) is 4.90 Å². The summed E-state index contributed by atoms with van der Waals surface area (Å²) >= 11 is 0. The maximum atomic E-state index is 12.6. The number of aliphatic hydroxyl groups is 1. The van der Waals surface area contributed by atoms with E-state index in [1.165, 1.54) is 0 Å². The molecule has 5 heteroatoms. The van der Waals surface area contributed by atoms with Crippen LogP contribution in [0, 0.1) is 25.2 Å². The van der Waals surface area contributed by atoms with Gasteiger partial charge in [0.2, 0.25) is 5.91 Å². The van der Waals surface area contributed by atoms with Gasteiger partial charge in [-0.25, -0.2) is 0 Å². The van der Waals surface area contributed by atoms with Gasteiger partial charge < -0.3 is 10.0 Å². The van der Waals surface area contributed by atoms with Gasteiger partial charge in [0.05, 0.1) is 25.1 Å². The molecule has 0 radical (unpaired) electrons. The first kappa shape index (κ1) is 16.5. The molecule has 5 nitrogen and oxygen atoms in total. The van der Waals surface area contributed by atoms with Crippen LogP contribution in [-0.4, -0.2) is 48.2 Å². The Morgan fingerprint density at radius 3 is 2.64 bits per heavy atom. The average Bonchev–Trinajstić information content (AvgIpc) is 2.83. The van der Waals surface area contributed by atoms with E-state index in [0.29, 0.717) is 19.5 Å². The summed E-state index contributed by atoms with van der Waals surface area (Å²) in [7, 11) is 0. The second-order valence-electron chi connectivity index (χ2n) is 5.98. The third kappa shape index (κ3) is 4.30. The van der Waals surface area contributed by atoms with Gasteiger partial charge in [-0.15, -0.1) is 0 Å². The number of β-amino-alcohol motifs (C(OH)–C–C–N with tert-alkyl or cyclic N) is 1. The summed E-state index contributed by atoms with van der Waals surface area (Å²) in [5.74, 6) is -0.0191. The van der Waals surface area contributed by atoms with Gasteiger partial charge in [0.1, 0.15) is 0 Å². The highest BCUT2D eigenvalue weighted by atomic mass is 16.3. The molecule has 1 aromatic rings. The van der Waals surface area contributed by atoms with Crippen molar-refractivity contribution in [2.45, 2.75) is 32.8 Å². The zero-order chi connectivity index (χ0) is 16.1. The molecule has 118 valence electrons. The first-order chi connectivity index (χ1) is 10.5. The fourth-order valence-corrected chi connectivity index (χ4v) is 2.90. The number of hydrogen-bond donors (Lipinski definition) is 1. The number of rotatable bonds is 5. The van der Waals surface area contributed by atoms with Gasteiger partial charge in [0, 0.05) is 25.3 Å². The summed E-state index contributed by atoms with van der Waals surface area (Å²) in [6.07, 6.45) is 0.692. The highest BCUT2D eigenvalue weighted by molar-refractivity contribution is 5.95. The molecule has 1 atom stereocenters. The molecule has 2 rings (SSSR count). The van der Waals surface area contributed by atoms with E-state index in [1.807, 2.05) is 30.9 Å². The lowest BCUT2D eigenvalue weighted by Gasteiger charge is -2.25. The quantitative estimate of drug-likeness (QED) is 0.897. The maximum absolute atomic E-state index is 12.6. The molecule has 0 aromatic heterocycles. The fraction of sp³-hybridized carbons (Fsp3) is 0.529. The molecule has 0 spiro atoms. The fourth-order valence-electron chi connectivity index (χ4n) is 2.90. The molecule has 0 unspecified atom stereocenters. The highest BCUT2D eigenvalue weighted by Gasteiger charge is 2.25. The summed E-state index contributed by atoms with van der Waals surface area (Å²) in [6, 6.07) is 8.11. The van der Waals surface area contributed by atoms with Crippen LogP contribution in [0.3, 0.4) is 0 Å². The van der Waals surface area contributed by atoms with Gasteiger partial charge in [-0.2, -0.15) is 5.26 Å². The standard InChI is InChI=1S/C17H23N3O2/c1-13-8-14(2)10-15(9-13)20(6-3-5-18)17(22)12-19-7-4-16(21)11-19/h8-10,16,21H,3-4,6-7,11-12H2,1-2H3/t16-/m0/s1. The minimum atomic E-state index is -0.332. The lowest BCUT2D eigenvalue weighted by Crippen LogP contribution is -2.40. The molecule has 0 saturated carbocycles. The van der Waals surface area contributed by atoms with Gasteiger partial charge in [-0.05, 0) is 43.5 Å². The van der Waals surface area contributed by atoms with Crippen molar-refractivity contribution in [3.63, 3.8) is 0 Å². The number of benzene rings is 1. The predicted octanol–water partition coefficient (Wildman–Crippen LogP) is 1.62. The van der Waals surface area contributed by atoms with Crippen LogP contribution in [0.15, 0.2) is 18.2 Å². The van der Waals surface area contributed by atoms with E-state index in [9.17, 15) is 9.90 Å². The lowest BCUT2D eigenvalue weighted by molar-refractivity contribution is -0.119. The molecule has 1 N–H and O–H groups in total. The number of hydrogen-bond acceptors (Lipinski definition) is 4. The normalized spacial score (nSPS) is 18.2. The average molecular weight is 301 g/mol. The van der Waals surface area contributed by atoms with Crippen molar-refractivity contribution < 1.29 is 9.90 Å². The van der Waals surface area contributed by atoms with Crippen LogP contribution in [-0.2, 0) is 4.79 Å². The molecule has 1 aliphatic heterocycles. The number of aliphatic hydroxyl groups excluding tert-OH is 1. The molecule has 0 bridgehead atoms. The highest BCUT2D eigenvalue weighted by Crippen LogP contribution is 2.20. The van der Waals surface area contributed by atoms with Gasteiger partial charge in [0.25, 0.3) is 0 Å². The topological polar surface area (TPSA) is 67.6 Å². The molecule has 22 heavy (non-hydrogen) atoms. The molecule has 1 aliphatic rings. The number of nitrogens with zero attached hydrogens (tertiary/aromatic N) is 3. The smallest absolute Gasteiger partial charge is 0.241 e. The molecule has 1 amide bonds. The molecule has 0 aliphatic carbocycles. The maximum Gasteiger partial charge on any atom is 0.241 e. The van der Waals surface area contributed by atoms with Crippen molar-refractivity contribution in [3.8, 4) is 6.07 Å². The molecule has 1 fully saturated rings. The van der Waals surface area contributed by atoms with Crippen LogP contribution >= 0.6 is 0 Å². The largest absolute Gasteiger partial charge is 0.392 e. The van der Waals surface area contributed by atoms with Crippen molar-refractivity contribution in [2.75, 3.05) is 31.1 Å². The zero-order valence-corrected chi connectivity index (χ0v) is 13.2. The number of carbonyl (C=O) groups excluding carboxylic acids is 1. The van der Waals surface area contributed by atoms with Crippen LogP contribution in [0.1, 0.15) is 24.0 Å². The Hall–Kier alpha value is -1.90. The van der Waals surface area contributed by atoms with Crippen molar-refractivity contribution >= 4 is 11.6 Å². The van der Waals surface area contributed by atoms with Gasteiger partial charge in [-0.1, -0.05) is 6.07 Å². The number of amides is 1. The van der Waals surface area contributed by atoms with Crippen molar-refractivity contribution in [2.24, 2.45) is 0 Å². The summed E-state index contributed by atoms with van der Waals surface area (Å²) in [5, 5.41) is 18.4. The van der Waals surface area contributed by atoms with Gasteiger partial charge >= 0.3 is 0 Å². The van der Waals surface area contributed by atoms with E-state index in [0.717, 1.165) is 29.8 Å². The van der Waals surface area contributed by atoms with Crippen molar-refractivity contribution in [3.05, 3.63) is 29.3 Å². The SMILES string of the molecule is Cc1cc(C)cc(N(CCC#N)C(=O)CN2CC[C@H](O)C2)c1. The van der Waals surface area contributed by atoms with Crippen LogP contribution in [0.4, 0.5) is 5.69 Å². The van der Waals surface area contributed by atoms with Crippen LogP contribution in [0.25, 0.3) is 0 Å². The summed E-state index contributed by atoms with van der Waals surface area (Å²) in [4.78, 5) is 16.3. The first-order valence-corrected chi connectivity index (χ1v) is 7.65. The minimum absolute atomic E-state index is 0.0191. The first-order valence-electron chi connectivity index (χ1n) is 7.65. The molecule has 1 heterocycles. The Labute approximate surface area is 131 Å². The molecule has 1 aromatic carbocycles. The van der Waals surface area contributed by atoms with Crippen LogP contribution in [0.2, 0.25) is 0 Å². The summed E-state index contributed by atoms with van der Waals surface area (Å²) in [6.45, 7) is 5.97. The number of anilines is 1. The Balaban J connectivity index is 2.14. The zero-order valence-electron chi connectivity index (χ0n) is 13.2. The van der Waals surface area contributed by atoms with Gasteiger partial charge in [-0.3, -0.25) is 9.69 Å². The number of carbonyl (C=O) groups is 1. The molecule has 1 saturated heterocycles. The van der Waals surface area contributed by atoms with E-state index >= 15 is 0 Å². The monoisotopic (exact) mass is 301 g/mol. The number of aryl methyl sites for hydroxylation is 2. The Kier molecular flexibility index (Phi) is 5.53. The van der Waals surface area contributed by atoms with Crippen molar-refractivity contribution in [1.82, 2.24) is 4.90 Å². The Bertz CT molecular complexity index is 560. The third-order valence-corrected chi connectivity index (χ3v) is 3.87. The number of nitriles is 1. The summed E-state index contributed by atoms with van der Waals surface area (Å²) in [5.41, 5.74) is 3.04. The summed E-state index contributed by atoms with van der Waals surface area (Å²) < 4.78 is 0. The van der Waals surface area contributed by atoms with Crippen molar-refractivity contribution in [1.29, 1.82) is 5.26 Å².